The van der Waals surface area contributed by atoms with E-state index >= 15 is 0 Å². The number of hydrogen-bond acceptors (Lipinski definition) is 6. The van der Waals surface area contributed by atoms with E-state index in [2.05, 4.69) is 37.5 Å². The first-order valence-corrected chi connectivity index (χ1v) is 8.85. The predicted octanol–water partition coefficient (Wildman–Crippen LogP) is 2.43. The highest BCUT2D eigenvalue weighted by atomic mass is 32.1. The quantitative estimate of drug-likeness (QED) is 0.829. The van der Waals surface area contributed by atoms with Crippen molar-refractivity contribution in [3.63, 3.8) is 0 Å². The van der Waals surface area contributed by atoms with Crippen molar-refractivity contribution in [3.8, 4) is 0 Å². The lowest BCUT2D eigenvalue weighted by Crippen LogP contribution is -2.43. The second kappa shape index (κ2) is 7.65. The van der Waals surface area contributed by atoms with Crippen LogP contribution in [0.15, 0.2) is 23.8 Å². The van der Waals surface area contributed by atoms with Crippen LogP contribution in [0.4, 0.5) is 5.95 Å². The van der Waals surface area contributed by atoms with Gasteiger partial charge in [0.1, 0.15) is 0 Å². The molecule has 0 saturated carbocycles. The fourth-order valence-electron chi connectivity index (χ4n) is 2.80. The summed E-state index contributed by atoms with van der Waals surface area (Å²) < 4.78 is 0. The maximum Gasteiger partial charge on any atom is 0.225 e. The summed E-state index contributed by atoms with van der Waals surface area (Å²) in [5, 5.41) is 7.07. The van der Waals surface area contributed by atoms with Crippen LogP contribution in [0.1, 0.15) is 30.0 Å². The molecule has 1 aliphatic heterocycles. The molecule has 2 aromatic heterocycles. The van der Waals surface area contributed by atoms with E-state index in [9.17, 15) is 0 Å². The molecular weight excluding hydrogens is 294 g/mol. The normalized spacial score (nSPS) is 16.1. The highest BCUT2D eigenvalue weighted by Crippen LogP contribution is 2.15. The zero-order valence-electron chi connectivity index (χ0n) is 13.0. The van der Waals surface area contributed by atoms with E-state index in [4.69, 9.17) is 0 Å². The number of nitrogens with one attached hydrogen (secondary N) is 1. The number of thiazole rings is 1. The summed E-state index contributed by atoms with van der Waals surface area (Å²) in [7, 11) is 0. The van der Waals surface area contributed by atoms with Gasteiger partial charge in [-0.25, -0.2) is 15.0 Å². The van der Waals surface area contributed by atoms with Crippen molar-refractivity contribution in [2.75, 3.05) is 24.5 Å². The van der Waals surface area contributed by atoms with Gasteiger partial charge in [-0.05, 0) is 38.8 Å². The minimum atomic E-state index is 0.623. The Labute approximate surface area is 135 Å². The third-order valence-corrected chi connectivity index (χ3v) is 5.02. The molecule has 1 aliphatic rings. The monoisotopic (exact) mass is 317 g/mol. The van der Waals surface area contributed by atoms with E-state index in [1.165, 1.54) is 5.01 Å². The highest BCUT2D eigenvalue weighted by molar-refractivity contribution is 7.09. The van der Waals surface area contributed by atoms with Gasteiger partial charge in [-0.15, -0.1) is 11.3 Å². The van der Waals surface area contributed by atoms with Crippen LogP contribution in [0.25, 0.3) is 0 Å². The van der Waals surface area contributed by atoms with E-state index in [1.807, 2.05) is 18.5 Å². The summed E-state index contributed by atoms with van der Waals surface area (Å²) in [5.74, 6) is 0.861. The molecule has 5 nitrogen and oxygen atoms in total. The molecule has 3 rings (SSSR count). The van der Waals surface area contributed by atoms with E-state index in [0.717, 1.165) is 57.0 Å². The second-order valence-electron chi connectivity index (χ2n) is 5.75. The van der Waals surface area contributed by atoms with Gasteiger partial charge in [-0.1, -0.05) is 0 Å². The van der Waals surface area contributed by atoms with E-state index in [0.29, 0.717) is 6.04 Å². The molecule has 0 aromatic carbocycles. The molecule has 6 heteroatoms. The average Bonchev–Trinajstić information content (AvgIpc) is 2.98. The average molecular weight is 317 g/mol. The Morgan fingerprint density at radius 3 is 2.73 bits per heavy atom. The number of nitrogens with zero attached hydrogens (tertiary/aromatic N) is 4. The molecule has 1 fully saturated rings. The zero-order valence-corrected chi connectivity index (χ0v) is 13.9. The Kier molecular flexibility index (Phi) is 5.34. The first-order chi connectivity index (χ1) is 10.8. The van der Waals surface area contributed by atoms with Crippen LogP contribution in [-0.4, -0.2) is 40.6 Å². The van der Waals surface area contributed by atoms with Crippen molar-refractivity contribution in [1.82, 2.24) is 20.3 Å². The lowest BCUT2D eigenvalue weighted by Gasteiger charge is -2.32. The number of aryl methyl sites for hydroxylation is 2. The number of rotatable bonds is 6. The minimum absolute atomic E-state index is 0.623. The van der Waals surface area contributed by atoms with Gasteiger partial charge in [0.25, 0.3) is 0 Å². The Morgan fingerprint density at radius 2 is 2.05 bits per heavy atom. The Balaban J connectivity index is 1.34. The first kappa shape index (κ1) is 15.4. The predicted molar refractivity (Wildman–Crippen MR) is 90.4 cm³/mol. The molecule has 22 heavy (non-hydrogen) atoms. The molecule has 118 valence electrons. The molecule has 0 aliphatic carbocycles. The molecule has 2 aromatic rings. The smallest absolute Gasteiger partial charge is 0.225 e. The van der Waals surface area contributed by atoms with Crippen molar-refractivity contribution >= 4 is 17.3 Å². The van der Waals surface area contributed by atoms with Gasteiger partial charge in [-0.3, -0.25) is 0 Å². The van der Waals surface area contributed by atoms with E-state index in [1.54, 1.807) is 11.3 Å². The molecule has 0 spiro atoms. The van der Waals surface area contributed by atoms with Crippen molar-refractivity contribution in [1.29, 1.82) is 0 Å². The third kappa shape index (κ3) is 4.24. The van der Waals surface area contributed by atoms with Crippen molar-refractivity contribution in [2.24, 2.45) is 0 Å². The lowest BCUT2D eigenvalue weighted by molar-refractivity contribution is 0.410. The number of anilines is 1. The van der Waals surface area contributed by atoms with E-state index in [-0.39, 0.29) is 0 Å². The molecule has 0 atom stereocenters. The summed E-state index contributed by atoms with van der Waals surface area (Å²) in [6.07, 6.45) is 8.19. The van der Waals surface area contributed by atoms with Gasteiger partial charge in [0.2, 0.25) is 5.95 Å². The van der Waals surface area contributed by atoms with Crippen LogP contribution in [0.3, 0.4) is 0 Å². The first-order valence-electron chi connectivity index (χ1n) is 7.97. The molecule has 1 N–H and O–H groups in total. The van der Waals surface area contributed by atoms with Crippen LogP contribution in [0.2, 0.25) is 0 Å². The van der Waals surface area contributed by atoms with E-state index < -0.39 is 0 Å². The van der Waals surface area contributed by atoms with Crippen LogP contribution in [0, 0.1) is 6.92 Å². The molecule has 0 amide bonds. The van der Waals surface area contributed by atoms with Gasteiger partial charge in [0.15, 0.2) is 0 Å². The number of piperidine rings is 1. The Bertz CT molecular complexity index is 563. The van der Waals surface area contributed by atoms with Gasteiger partial charge in [0.05, 0.1) is 5.01 Å². The standard InChI is InChI=1S/C16H23N5S/c1-13-12-22-15(20-13)4-2-7-17-14-5-10-21(11-6-14)16-18-8-3-9-19-16/h3,8-9,12,14,17H,2,4-7,10-11H2,1H3. The molecule has 3 heterocycles. The summed E-state index contributed by atoms with van der Waals surface area (Å²) in [6, 6.07) is 2.49. The minimum Gasteiger partial charge on any atom is -0.341 e. The largest absolute Gasteiger partial charge is 0.341 e. The summed E-state index contributed by atoms with van der Waals surface area (Å²) >= 11 is 1.77. The number of hydrogen-bond donors (Lipinski definition) is 1. The van der Waals surface area contributed by atoms with Gasteiger partial charge in [-0.2, -0.15) is 0 Å². The molecular formula is C16H23N5S. The van der Waals surface area contributed by atoms with Gasteiger partial charge in [0, 0.05) is 49.0 Å². The Hall–Kier alpha value is -1.53. The molecule has 0 bridgehead atoms. The van der Waals surface area contributed by atoms with Crippen LogP contribution in [0.5, 0.6) is 0 Å². The fourth-order valence-corrected chi connectivity index (χ4v) is 3.62. The highest BCUT2D eigenvalue weighted by Gasteiger charge is 2.20. The van der Waals surface area contributed by atoms with Crippen LogP contribution in [-0.2, 0) is 6.42 Å². The zero-order chi connectivity index (χ0) is 15.2. The van der Waals surface area contributed by atoms with Gasteiger partial charge < -0.3 is 10.2 Å². The maximum atomic E-state index is 4.51. The maximum absolute atomic E-state index is 4.51. The molecule has 0 radical (unpaired) electrons. The number of aromatic nitrogens is 3. The van der Waals surface area contributed by atoms with Gasteiger partial charge >= 0.3 is 0 Å². The Morgan fingerprint density at radius 1 is 1.27 bits per heavy atom. The molecule has 0 unspecified atom stereocenters. The SMILES string of the molecule is Cc1csc(CCCNC2CCN(c3ncccn3)CC2)n1. The summed E-state index contributed by atoms with van der Waals surface area (Å²) in [6.45, 7) is 5.20. The summed E-state index contributed by atoms with van der Waals surface area (Å²) in [5.41, 5.74) is 1.14. The fraction of sp³-hybridized carbons (Fsp3) is 0.562. The topological polar surface area (TPSA) is 53.9 Å². The lowest BCUT2D eigenvalue weighted by atomic mass is 10.1. The second-order valence-corrected chi connectivity index (χ2v) is 6.69. The molecule has 1 saturated heterocycles. The third-order valence-electron chi connectivity index (χ3n) is 4.00. The van der Waals surface area contributed by atoms with Crippen molar-refractivity contribution in [3.05, 3.63) is 34.5 Å². The van der Waals surface area contributed by atoms with Crippen molar-refractivity contribution in [2.45, 2.75) is 38.6 Å². The summed E-state index contributed by atoms with van der Waals surface area (Å²) in [4.78, 5) is 15.4. The van der Waals surface area contributed by atoms with Crippen molar-refractivity contribution < 1.29 is 0 Å². The van der Waals surface area contributed by atoms with Crippen LogP contribution >= 0.6 is 11.3 Å². The van der Waals surface area contributed by atoms with Crippen LogP contribution < -0.4 is 10.2 Å².